The Kier molecular flexibility index (Phi) is 5.40. The van der Waals surface area contributed by atoms with Gasteiger partial charge in [0.1, 0.15) is 0 Å². The maximum absolute atomic E-state index is 10.9. The lowest BCUT2D eigenvalue weighted by atomic mass is 9.97. The van der Waals surface area contributed by atoms with Gasteiger partial charge in [-0.1, -0.05) is 19.1 Å². The Hall–Kier alpha value is -0.830. The molecule has 0 aromatic rings. The molecule has 1 saturated heterocycles. The van der Waals surface area contributed by atoms with Gasteiger partial charge in [-0.3, -0.25) is 4.79 Å². The van der Waals surface area contributed by atoms with E-state index < -0.39 is 0 Å². The molecule has 1 rings (SSSR count). The van der Waals surface area contributed by atoms with Crippen molar-refractivity contribution in [1.29, 1.82) is 0 Å². The highest BCUT2D eigenvalue weighted by atomic mass is 16.5. The van der Waals surface area contributed by atoms with Crippen molar-refractivity contribution in [3.63, 3.8) is 0 Å². The lowest BCUT2D eigenvalue weighted by molar-refractivity contribution is -0.139. The molecule has 15 heavy (non-hydrogen) atoms. The van der Waals surface area contributed by atoms with Gasteiger partial charge in [0.25, 0.3) is 0 Å². The molecule has 0 N–H and O–H groups in total. The van der Waals surface area contributed by atoms with Crippen LogP contribution in [0.3, 0.4) is 0 Å². The minimum atomic E-state index is -0.158. The van der Waals surface area contributed by atoms with E-state index in [0.717, 1.165) is 13.1 Å². The average molecular weight is 211 g/mol. The van der Waals surface area contributed by atoms with Gasteiger partial charge in [0.2, 0.25) is 0 Å². The van der Waals surface area contributed by atoms with Gasteiger partial charge in [-0.25, -0.2) is 0 Å². The molecule has 0 saturated carbocycles. The van der Waals surface area contributed by atoms with Gasteiger partial charge in [-0.15, -0.1) is 0 Å². The Morgan fingerprint density at radius 1 is 1.60 bits per heavy atom. The number of hydrogen-bond donors (Lipinski definition) is 0. The van der Waals surface area contributed by atoms with Gasteiger partial charge in [-0.05, 0) is 31.8 Å². The largest absolute Gasteiger partial charge is 0.469 e. The predicted molar refractivity (Wildman–Crippen MR) is 60.6 cm³/mol. The van der Waals surface area contributed by atoms with E-state index in [1.807, 2.05) is 6.08 Å². The molecule has 1 aliphatic rings. The summed E-state index contributed by atoms with van der Waals surface area (Å²) >= 11 is 0. The number of hydrogen-bond acceptors (Lipinski definition) is 3. The van der Waals surface area contributed by atoms with Crippen LogP contribution in [0.25, 0.3) is 0 Å². The highest BCUT2D eigenvalue weighted by Gasteiger charge is 2.15. The number of methoxy groups -OCH3 is 1. The van der Waals surface area contributed by atoms with Gasteiger partial charge in [0, 0.05) is 6.54 Å². The molecule has 3 nitrogen and oxygen atoms in total. The molecular weight excluding hydrogens is 190 g/mol. The fraction of sp³-hybridized carbons (Fsp3) is 0.750. The number of carbonyl (C=O) groups excluding carboxylic acids is 1. The van der Waals surface area contributed by atoms with Gasteiger partial charge in [-0.2, -0.15) is 0 Å². The third-order valence-electron chi connectivity index (χ3n) is 2.91. The van der Waals surface area contributed by atoms with Crippen LogP contribution in [0.5, 0.6) is 0 Å². The third kappa shape index (κ3) is 4.47. The Balaban J connectivity index is 2.28. The van der Waals surface area contributed by atoms with Crippen LogP contribution in [0, 0.1) is 5.92 Å². The molecular formula is C12H21NO2. The summed E-state index contributed by atoms with van der Waals surface area (Å²) in [5, 5.41) is 0. The van der Waals surface area contributed by atoms with Gasteiger partial charge in [0.15, 0.2) is 0 Å². The lowest BCUT2D eigenvalue weighted by Gasteiger charge is -2.30. The molecule has 1 atom stereocenters. The van der Waals surface area contributed by atoms with E-state index in [1.165, 1.54) is 26.5 Å². The summed E-state index contributed by atoms with van der Waals surface area (Å²) < 4.78 is 4.58. The predicted octanol–water partition coefficient (Wildman–Crippen LogP) is 1.84. The molecule has 0 spiro atoms. The van der Waals surface area contributed by atoms with Crippen LogP contribution in [-0.2, 0) is 9.53 Å². The first-order valence-electron chi connectivity index (χ1n) is 5.72. The fourth-order valence-electron chi connectivity index (χ4n) is 1.98. The zero-order valence-electron chi connectivity index (χ0n) is 9.74. The number of rotatable bonds is 4. The summed E-state index contributed by atoms with van der Waals surface area (Å²) in [5.41, 5.74) is 0. The van der Waals surface area contributed by atoms with Crippen molar-refractivity contribution in [2.75, 3.05) is 26.7 Å². The summed E-state index contributed by atoms with van der Waals surface area (Å²) in [6.45, 7) is 5.67. The number of likely N-dealkylation sites (tertiary alicyclic amines) is 1. The number of carbonyl (C=O) groups is 1. The SMILES string of the molecule is CCN1CCCC(/C=C\CC(=O)OC)C1. The molecule has 1 heterocycles. The second kappa shape index (κ2) is 6.62. The molecule has 1 unspecified atom stereocenters. The molecule has 3 heteroatoms. The van der Waals surface area contributed by atoms with E-state index in [9.17, 15) is 4.79 Å². The number of piperidine rings is 1. The van der Waals surface area contributed by atoms with E-state index in [0.29, 0.717) is 12.3 Å². The molecule has 1 aliphatic heterocycles. The minimum absolute atomic E-state index is 0.158. The van der Waals surface area contributed by atoms with Crippen molar-refractivity contribution in [3.05, 3.63) is 12.2 Å². The van der Waals surface area contributed by atoms with E-state index in [1.54, 1.807) is 0 Å². The summed E-state index contributed by atoms with van der Waals surface area (Å²) in [6.07, 6.45) is 7.02. The molecule has 0 amide bonds. The topological polar surface area (TPSA) is 29.5 Å². The van der Waals surface area contributed by atoms with Gasteiger partial charge < -0.3 is 9.64 Å². The lowest BCUT2D eigenvalue weighted by Crippen LogP contribution is -2.34. The Morgan fingerprint density at radius 3 is 3.07 bits per heavy atom. The quantitative estimate of drug-likeness (QED) is 0.525. The van der Waals surface area contributed by atoms with Crippen molar-refractivity contribution in [2.24, 2.45) is 5.92 Å². The second-order valence-corrected chi connectivity index (χ2v) is 4.00. The molecule has 0 radical (unpaired) electrons. The fourth-order valence-corrected chi connectivity index (χ4v) is 1.98. The highest BCUT2D eigenvalue weighted by Crippen LogP contribution is 2.17. The molecule has 0 aromatic carbocycles. The zero-order chi connectivity index (χ0) is 11.1. The second-order valence-electron chi connectivity index (χ2n) is 4.00. The first-order chi connectivity index (χ1) is 7.26. The van der Waals surface area contributed by atoms with E-state index >= 15 is 0 Å². The minimum Gasteiger partial charge on any atom is -0.469 e. The van der Waals surface area contributed by atoms with Gasteiger partial charge in [0.05, 0.1) is 13.5 Å². The molecule has 0 aliphatic carbocycles. The van der Waals surface area contributed by atoms with Crippen molar-refractivity contribution < 1.29 is 9.53 Å². The Labute approximate surface area is 92.1 Å². The molecule has 0 aromatic heterocycles. The van der Waals surface area contributed by atoms with Crippen LogP contribution < -0.4 is 0 Å². The first kappa shape index (κ1) is 12.2. The van der Waals surface area contributed by atoms with Crippen LogP contribution >= 0.6 is 0 Å². The van der Waals surface area contributed by atoms with Gasteiger partial charge >= 0.3 is 5.97 Å². The number of nitrogens with zero attached hydrogens (tertiary/aromatic N) is 1. The summed E-state index contributed by atoms with van der Waals surface area (Å²) in [4.78, 5) is 13.3. The number of esters is 1. The Morgan fingerprint density at radius 2 is 2.40 bits per heavy atom. The number of ether oxygens (including phenoxy) is 1. The van der Waals surface area contributed by atoms with Crippen LogP contribution in [0.2, 0.25) is 0 Å². The standard InChI is InChI=1S/C12H21NO2/c1-3-13-9-5-7-11(10-13)6-4-8-12(14)15-2/h4,6,11H,3,5,7-10H2,1-2H3/b6-4-. The molecule has 1 fully saturated rings. The van der Waals surface area contributed by atoms with Crippen molar-refractivity contribution >= 4 is 5.97 Å². The normalized spacial score (nSPS) is 23.2. The Bertz CT molecular complexity index is 226. The summed E-state index contributed by atoms with van der Waals surface area (Å²) in [5.74, 6) is 0.456. The third-order valence-corrected chi connectivity index (χ3v) is 2.91. The zero-order valence-corrected chi connectivity index (χ0v) is 9.74. The van der Waals surface area contributed by atoms with Crippen LogP contribution in [0.15, 0.2) is 12.2 Å². The first-order valence-corrected chi connectivity index (χ1v) is 5.72. The smallest absolute Gasteiger partial charge is 0.309 e. The van der Waals surface area contributed by atoms with Crippen molar-refractivity contribution in [3.8, 4) is 0 Å². The van der Waals surface area contributed by atoms with E-state index in [4.69, 9.17) is 0 Å². The average Bonchev–Trinajstić information content (AvgIpc) is 2.29. The van der Waals surface area contributed by atoms with Crippen molar-refractivity contribution in [1.82, 2.24) is 4.90 Å². The summed E-state index contributed by atoms with van der Waals surface area (Å²) in [7, 11) is 1.43. The van der Waals surface area contributed by atoms with Crippen LogP contribution in [0.4, 0.5) is 0 Å². The monoisotopic (exact) mass is 211 g/mol. The summed E-state index contributed by atoms with van der Waals surface area (Å²) in [6, 6.07) is 0. The molecule has 86 valence electrons. The maximum atomic E-state index is 10.9. The van der Waals surface area contributed by atoms with Crippen molar-refractivity contribution in [2.45, 2.75) is 26.2 Å². The van der Waals surface area contributed by atoms with Crippen LogP contribution in [-0.4, -0.2) is 37.6 Å². The molecule has 0 bridgehead atoms. The van der Waals surface area contributed by atoms with E-state index in [-0.39, 0.29) is 5.97 Å². The highest BCUT2D eigenvalue weighted by molar-refractivity contribution is 5.70. The van der Waals surface area contributed by atoms with Crippen LogP contribution in [0.1, 0.15) is 26.2 Å². The maximum Gasteiger partial charge on any atom is 0.309 e. The van der Waals surface area contributed by atoms with E-state index in [2.05, 4.69) is 22.6 Å².